The second-order valence-electron chi connectivity index (χ2n) is 6.14. The monoisotopic (exact) mass is 343 g/mol. The summed E-state index contributed by atoms with van der Waals surface area (Å²) in [5.41, 5.74) is 3.28. The van der Waals surface area contributed by atoms with Gasteiger partial charge in [-0.05, 0) is 24.1 Å². The van der Waals surface area contributed by atoms with Crippen LogP contribution in [0.5, 0.6) is 0 Å². The lowest BCUT2D eigenvalue weighted by atomic mass is 10.1. The Bertz CT molecular complexity index is 978. The quantitative estimate of drug-likeness (QED) is 0.540. The van der Waals surface area contributed by atoms with Gasteiger partial charge in [-0.2, -0.15) is 5.26 Å². The summed E-state index contributed by atoms with van der Waals surface area (Å²) >= 11 is 0. The van der Waals surface area contributed by atoms with Crippen LogP contribution < -0.4 is 5.32 Å². The molecule has 0 aliphatic rings. The number of rotatable bonds is 6. The molecule has 0 atom stereocenters. The number of nitrogens with one attached hydrogen (secondary N) is 1. The minimum atomic E-state index is -0.325. The van der Waals surface area contributed by atoms with Crippen LogP contribution in [-0.4, -0.2) is 17.0 Å². The zero-order chi connectivity index (χ0) is 18.4. The minimum Gasteiger partial charge on any atom is -0.351 e. The minimum absolute atomic E-state index is 0.126. The first-order valence-corrected chi connectivity index (χ1v) is 8.74. The summed E-state index contributed by atoms with van der Waals surface area (Å²) in [6, 6.07) is 20.3. The molecule has 26 heavy (non-hydrogen) atoms. The Morgan fingerprint density at radius 3 is 2.62 bits per heavy atom. The highest BCUT2D eigenvalue weighted by molar-refractivity contribution is 6.04. The molecule has 2 aromatic carbocycles. The molecule has 1 aromatic heterocycles. The van der Waals surface area contributed by atoms with Gasteiger partial charge in [0.2, 0.25) is 0 Å². The average molecular weight is 343 g/mol. The number of hydrogen-bond donors (Lipinski definition) is 1. The van der Waals surface area contributed by atoms with E-state index in [0.717, 1.165) is 29.4 Å². The van der Waals surface area contributed by atoms with Crippen molar-refractivity contribution < 1.29 is 4.79 Å². The molecular weight excluding hydrogens is 322 g/mol. The average Bonchev–Trinajstić information content (AvgIpc) is 3.02. The van der Waals surface area contributed by atoms with Gasteiger partial charge in [-0.25, -0.2) is 0 Å². The van der Waals surface area contributed by atoms with Gasteiger partial charge in [0.05, 0.1) is 0 Å². The van der Waals surface area contributed by atoms with Crippen LogP contribution in [0.4, 0.5) is 0 Å². The summed E-state index contributed by atoms with van der Waals surface area (Å²) < 4.78 is 2.15. The van der Waals surface area contributed by atoms with Crippen LogP contribution in [0.25, 0.3) is 17.0 Å². The Morgan fingerprint density at radius 1 is 1.15 bits per heavy atom. The smallest absolute Gasteiger partial charge is 0.261 e. The number of benzene rings is 2. The van der Waals surface area contributed by atoms with Crippen LogP contribution in [0.3, 0.4) is 0 Å². The van der Waals surface area contributed by atoms with Gasteiger partial charge in [-0.15, -0.1) is 0 Å². The maximum Gasteiger partial charge on any atom is 0.261 e. The van der Waals surface area contributed by atoms with Gasteiger partial charge in [0.15, 0.2) is 0 Å². The predicted octanol–water partition coefficient (Wildman–Crippen LogP) is 4.12. The van der Waals surface area contributed by atoms with E-state index in [-0.39, 0.29) is 11.5 Å². The van der Waals surface area contributed by atoms with E-state index in [9.17, 15) is 10.1 Å². The van der Waals surface area contributed by atoms with Crippen LogP contribution in [0.1, 0.15) is 24.5 Å². The number of carbonyl (C=O) groups excluding carboxylic acids is 1. The van der Waals surface area contributed by atoms with Gasteiger partial charge in [-0.3, -0.25) is 4.79 Å². The number of aromatic nitrogens is 1. The molecule has 1 amide bonds. The van der Waals surface area contributed by atoms with Crippen molar-refractivity contribution in [3.63, 3.8) is 0 Å². The first-order chi connectivity index (χ1) is 12.7. The van der Waals surface area contributed by atoms with Crippen molar-refractivity contribution in [1.29, 1.82) is 5.26 Å². The highest BCUT2D eigenvalue weighted by atomic mass is 16.1. The fraction of sp³-hybridized carbons (Fsp3) is 0.182. The lowest BCUT2D eigenvalue weighted by molar-refractivity contribution is -0.117. The predicted molar refractivity (Wildman–Crippen MR) is 104 cm³/mol. The van der Waals surface area contributed by atoms with Gasteiger partial charge < -0.3 is 9.88 Å². The third kappa shape index (κ3) is 3.84. The van der Waals surface area contributed by atoms with Gasteiger partial charge in [-0.1, -0.05) is 55.5 Å². The Kier molecular flexibility index (Phi) is 5.50. The summed E-state index contributed by atoms with van der Waals surface area (Å²) in [4.78, 5) is 12.2. The SMILES string of the molecule is CCCNC(=O)/C(C#N)=C\c1cn(Cc2ccccc2)c2ccccc12. The van der Waals surface area contributed by atoms with Crippen LogP contribution >= 0.6 is 0 Å². The molecule has 0 spiro atoms. The van der Waals surface area contributed by atoms with Crippen molar-refractivity contribution in [2.45, 2.75) is 19.9 Å². The van der Waals surface area contributed by atoms with Gasteiger partial charge in [0, 0.05) is 35.8 Å². The Hall–Kier alpha value is -3.32. The van der Waals surface area contributed by atoms with E-state index in [4.69, 9.17) is 0 Å². The molecule has 1 heterocycles. The van der Waals surface area contributed by atoms with Crippen LogP contribution in [0, 0.1) is 11.3 Å². The highest BCUT2D eigenvalue weighted by Gasteiger charge is 2.12. The summed E-state index contributed by atoms with van der Waals surface area (Å²) in [6.45, 7) is 3.28. The summed E-state index contributed by atoms with van der Waals surface area (Å²) in [5.74, 6) is -0.325. The lowest BCUT2D eigenvalue weighted by Crippen LogP contribution is -2.25. The number of amides is 1. The molecule has 0 saturated carbocycles. The lowest BCUT2D eigenvalue weighted by Gasteiger charge is -2.05. The molecule has 3 aromatic rings. The Labute approximate surface area is 153 Å². The molecule has 0 saturated heterocycles. The maximum atomic E-state index is 12.2. The van der Waals surface area contributed by atoms with Crippen molar-refractivity contribution in [3.8, 4) is 6.07 Å². The first kappa shape index (κ1) is 17.5. The van der Waals surface area contributed by atoms with Crippen LogP contribution in [0.15, 0.2) is 66.4 Å². The standard InChI is InChI=1S/C22H21N3O/c1-2-12-24-22(26)18(14-23)13-19-16-25(15-17-8-4-3-5-9-17)21-11-7-6-10-20(19)21/h3-11,13,16H,2,12,15H2,1H3,(H,24,26)/b18-13-. The molecule has 0 aliphatic heterocycles. The third-order valence-corrected chi connectivity index (χ3v) is 4.22. The Balaban J connectivity index is 2.00. The number of carbonyl (C=O) groups is 1. The fourth-order valence-corrected chi connectivity index (χ4v) is 2.94. The topological polar surface area (TPSA) is 57.8 Å². The second kappa shape index (κ2) is 8.17. The molecular formula is C22H21N3O. The molecule has 130 valence electrons. The number of fused-ring (bicyclic) bond motifs is 1. The summed E-state index contributed by atoms with van der Waals surface area (Å²) in [5, 5.41) is 13.2. The fourth-order valence-electron chi connectivity index (χ4n) is 2.94. The molecule has 0 radical (unpaired) electrons. The van der Waals surface area contributed by atoms with E-state index in [1.165, 1.54) is 5.56 Å². The molecule has 0 bridgehead atoms. The molecule has 1 N–H and O–H groups in total. The van der Waals surface area contributed by atoms with E-state index >= 15 is 0 Å². The van der Waals surface area contributed by atoms with E-state index < -0.39 is 0 Å². The van der Waals surface area contributed by atoms with Gasteiger partial charge in [0.25, 0.3) is 5.91 Å². The van der Waals surface area contributed by atoms with Gasteiger partial charge in [0.1, 0.15) is 11.6 Å². The van der Waals surface area contributed by atoms with E-state index in [0.29, 0.717) is 6.54 Å². The second-order valence-corrected chi connectivity index (χ2v) is 6.14. The summed E-state index contributed by atoms with van der Waals surface area (Å²) in [6.07, 6.45) is 4.51. The zero-order valence-corrected chi connectivity index (χ0v) is 14.8. The highest BCUT2D eigenvalue weighted by Crippen LogP contribution is 2.24. The molecule has 0 fully saturated rings. The number of nitriles is 1. The van der Waals surface area contributed by atoms with Crippen molar-refractivity contribution in [1.82, 2.24) is 9.88 Å². The van der Waals surface area contributed by atoms with Crippen molar-refractivity contribution in [2.24, 2.45) is 0 Å². The zero-order valence-electron chi connectivity index (χ0n) is 14.8. The normalized spacial score (nSPS) is 11.3. The van der Waals surface area contributed by atoms with E-state index in [1.54, 1.807) is 6.08 Å². The van der Waals surface area contributed by atoms with Crippen molar-refractivity contribution in [2.75, 3.05) is 6.54 Å². The largest absolute Gasteiger partial charge is 0.351 e. The van der Waals surface area contributed by atoms with Gasteiger partial charge >= 0.3 is 0 Å². The summed E-state index contributed by atoms with van der Waals surface area (Å²) in [7, 11) is 0. The van der Waals surface area contributed by atoms with Crippen LogP contribution in [-0.2, 0) is 11.3 Å². The molecule has 4 heteroatoms. The number of nitrogens with zero attached hydrogens (tertiary/aromatic N) is 2. The molecule has 4 nitrogen and oxygen atoms in total. The first-order valence-electron chi connectivity index (χ1n) is 8.74. The molecule has 0 unspecified atom stereocenters. The molecule has 3 rings (SSSR count). The van der Waals surface area contributed by atoms with E-state index in [2.05, 4.69) is 28.1 Å². The van der Waals surface area contributed by atoms with Crippen molar-refractivity contribution in [3.05, 3.63) is 77.5 Å². The van der Waals surface area contributed by atoms with E-state index in [1.807, 2.05) is 55.6 Å². The van der Waals surface area contributed by atoms with Crippen LogP contribution in [0.2, 0.25) is 0 Å². The Morgan fingerprint density at radius 2 is 1.88 bits per heavy atom. The number of para-hydroxylation sites is 1. The number of hydrogen-bond acceptors (Lipinski definition) is 2. The third-order valence-electron chi connectivity index (χ3n) is 4.22. The maximum absolute atomic E-state index is 12.2. The molecule has 0 aliphatic carbocycles. The van der Waals surface area contributed by atoms with Crippen molar-refractivity contribution >= 4 is 22.9 Å².